The number of anilines is 4. The number of aromatic nitrogens is 4. The van der Waals surface area contributed by atoms with Crippen molar-refractivity contribution < 1.29 is 37.3 Å². The van der Waals surface area contributed by atoms with E-state index < -0.39 is 12.1 Å². The third-order valence-corrected chi connectivity index (χ3v) is 4.84. The summed E-state index contributed by atoms with van der Waals surface area (Å²) in [5.41, 5.74) is 1.76. The molecule has 3 N–H and O–H groups in total. The number of fused-ring (bicyclic) bond motifs is 1. The molecule has 196 valence electrons. The minimum Gasteiger partial charge on any atom is -0.497 e. The number of hydrogen-bond donors (Lipinski definition) is 3. The number of methoxy groups -OCH3 is 3. The molecule has 4 rings (SSSR count). The minimum atomic E-state index is -5.08. The number of nitrogens with zero attached hydrogens (tertiary/aromatic N) is 4. The molecule has 4 aromatic rings. The topological polar surface area (TPSA) is 133 Å². The molecule has 0 aliphatic rings. The van der Waals surface area contributed by atoms with E-state index in [4.69, 9.17) is 24.1 Å². The van der Waals surface area contributed by atoms with Crippen LogP contribution in [0, 0.1) is 0 Å². The van der Waals surface area contributed by atoms with Crippen LogP contribution in [0.4, 0.5) is 36.4 Å². The highest BCUT2D eigenvalue weighted by Crippen LogP contribution is 2.31. The van der Waals surface area contributed by atoms with E-state index in [9.17, 15) is 13.2 Å². The summed E-state index contributed by atoms with van der Waals surface area (Å²) in [7, 11) is 6.72. The van der Waals surface area contributed by atoms with Crippen molar-refractivity contribution >= 4 is 40.1 Å². The Morgan fingerprint density at radius 3 is 2.30 bits per heavy atom. The highest BCUT2D eigenvalue weighted by atomic mass is 19.4. The summed E-state index contributed by atoms with van der Waals surface area (Å²) in [6, 6.07) is 13.1. The maximum atomic E-state index is 10.6. The molecule has 2 heterocycles. The van der Waals surface area contributed by atoms with Crippen molar-refractivity contribution in [1.29, 1.82) is 0 Å². The largest absolute Gasteiger partial charge is 0.497 e. The van der Waals surface area contributed by atoms with Gasteiger partial charge in [0.2, 0.25) is 5.95 Å². The van der Waals surface area contributed by atoms with Crippen LogP contribution in [0.1, 0.15) is 0 Å². The number of carboxylic acid groups (broad SMARTS) is 1. The average Bonchev–Trinajstić information content (AvgIpc) is 3.18. The minimum absolute atomic E-state index is 0.435. The Morgan fingerprint density at radius 2 is 1.68 bits per heavy atom. The zero-order valence-electron chi connectivity index (χ0n) is 20.1. The number of hydrogen-bond acceptors (Lipinski definition) is 9. The third kappa shape index (κ3) is 6.68. The van der Waals surface area contributed by atoms with Crippen LogP contribution in [0.3, 0.4) is 0 Å². The number of halogens is 3. The van der Waals surface area contributed by atoms with Crippen LogP contribution in [0.25, 0.3) is 10.9 Å². The van der Waals surface area contributed by atoms with Crippen molar-refractivity contribution in [3.8, 4) is 17.2 Å². The molecule has 0 fully saturated rings. The number of nitrogens with one attached hydrogen (secondary N) is 2. The average molecular weight is 520 g/mol. The number of carboxylic acids is 1. The highest BCUT2D eigenvalue weighted by Gasteiger charge is 2.38. The first-order valence-electron chi connectivity index (χ1n) is 10.5. The lowest BCUT2D eigenvalue weighted by molar-refractivity contribution is -0.192. The molecular weight excluding hydrogens is 497 g/mol. The summed E-state index contributed by atoms with van der Waals surface area (Å²) < 4.78 is 49.5. The van der Waals surface area contributed by atoms with Gasteiger partial charge in [-0.1, -0.05) is 0 Å². The fourth-order valence-corrected chi connectivity index (χ4v) is 3.12. The molecule has 0 saturated heterocycles. The van der Waals surface area contributed by atoms with Crippen molar-refractivity contribution in [2.75, 3.05) is 32.0 Å². The fourth-order valence-electron chi connectivity index (χ4n) is 3.12. The van der Waals surface area contributed by atoms with Crippen LogP contribution in [0.15, 0.2) is 48.7 Å². The monoisotopic (exact) mass is 520 g/mol. The van der Waals surface area contributed by atoms with E-state index in [0.29, 0.717) is 29.1 Å². The summed E-state index contributed by atoms with van der Waals surface area (Å²) in [6.45, 7) is 0. The summed E-state index contributed by atoms with van der Waals surface area (Å²) in [4.78, 5) is 17.7. The van der Waals surface area contributed by atoms with E-state index in [2.05, 4.69) is 25.7 Å². The Hall–Kier alpha value is -4.75. The zero-order chi connectivity index (χ0) is 27.2. The lowest BCUT2D eigenvalue weighted by atomic mass is 10.2. The summed E-state index contributed by atoms with van der Waals surface area (Å²) in [6.07, 6.45) is -3.41. The molecule has 0 aliphatic carbocycles. The molecule has 0 aliphatic heterocycles. The van der Waals surface area contributed by atoms with E-state index in [1.165, 1.54) is 0 Å². The first-order chi connectivity index (χ1) is 17.5. The molecule has 0 atom stereocenters. The van der Waals surface area contributed by atoms with Gasteiger partial charge in [0.25, 0.3) is 0 Å². The maximum Gasteiger partial charge on any atom is 0.490 e. The quantitative estimate of drug-likeness (QED) is 0.320. The van der Waals surface area contributed by atoms with Gasteiger partial charge in [0.15, 0.2) is 17.3 Å². The molecule has 37 heavy (non-hydrogen) atoms. The Balaban J connectivity index is 0.000000479. The van der Waals surface area contributed by atoms with E-state index in [1.807, 2.05) is 43.4 Å². The van der Waals surface area contributed by atoms with E-state index in [0.717, 1.165) is 22.3 Å². The molecule has 2 aromatic heterocycles. The van der Waals surface area contributed by atoms with Gasteiger partial charge in [0.1, 0.15) is 11.6 Å². The lowest BCUT2D eigenvalue weighted by Crippen LogP contribution is -2.21. The number of aliphatic carboxylic acids is 1. The smallest absolute Gasteiger partial charge is 0.490 e. The highest BCUT2D eigenvalue weighted by molar-refractivity contribution is 5.92. The number of benzene rings is 2. The van der Waals surface area contributed by atoms with Crippen LogP contribution >= 0.6 is 0 Å². The Bertz CT molecular complexity index is 1390. The van der Waals surface area contributed by atoms with E-state index >= 15 is 0 Å². The van der Waals surface area contributed by atoms with Gasteiger partial charge >= 0.3 is 12.1 Å². The van der Waals surface area contributed by atoms with Crippen LogP contribution in [0.2, 0.25) is 0 Å². The van der Waals surface area contributed by atoms with Gasteiger partial charge < -0.3 is 30.0 Å². The third-order valence-electron chi connectivity index (χ3n) is 4.84. The Labute approximate surface area is 208 Å². The molecule has 0 saturated carbocycles. The van der Waals surface area contributed by atoms with Gasteiger partial charge in [-0.15, -0.1) is 0 Å². The molecule has 0 spiro atoms. The number of rotatable bonds is 7. The van der Waals surface area contributed by atoms with Gasteiger partial charge in [0, 0.05) is 30.4 Å². The van der Waals surface area contributed by atoms with Crippen molar-refractivity contribution in [2.24, 2.45) is 7.05 Å². The first kappa shape index (κ1) is 26.8. The van der Waals surface area contributed by atoms with Crippen LogP contribution in [-0.4, -0.2) is 58.3 Å². The summed E-state index contributed by atoms with van der Waals surface area (Å²) in [5, 5.41) is 19.1. The second kappa shape index (κ2) is 11.3. The molecule has 0 amide bonds. The number of carbonyl (C=O) groups is 1. The molecule has 11 nitrogen and oxygen atoms in total. The normalized spacial score (nSPS) is 10.8. The fraction of sp³-hybridized carbons (Fsp3) is 0.217. The lowest BCUT2D eigenvalue weighted by Gasteiger charge is -2.11. The second-order valence-electron chi connectivity index (χ2n) is 7.24. The van der Waals surface area contributed by atoms with Crippen molar-refractivity contribution in [3.05, 3.63) is 48.7 Å². The molecule has 0 bridgehead atoms. The second-order valence-corrected chi connectivity index (χ2v) is 7.24. The molecule has 0 radical (unpaired) electrons. The van der Waals surface area contributed by atoms with Gasteiger partial charge in [-0.05, 0) is 36.4 Å². The van der Waals surface area contributed by atoms with Crippen LogP contribution < -0.4 is 24.8 Å². The standard InChI is InChI=1S/C21H22N6O3.C2HF3O2/c1-27-16-7-6-14(28-2)12-15(16)20(26-27)24-19-9-10-22-21(25-19)23-13-5-8-17(29-3)18(11-13)30-4;3-2(4,5)1(6)7/h5-12H,1-4H3,(H2,22,23,24,25,26);(H,6,7). The zero-order valence-corrected chi connectivity index (χ0v) is 20.1. The summed E-state index contributed by atoms with van der Waals surface area (Å²) >= 11 is 0. The number of ether oxygens (including phenoxy) is 3. The Kier molecular flexibility index (Phi) is 8.22. The predicted molar refractivity (Wildman–Crippen MR) is 129 cm³/mol. The molecular formula is C23H23F3N6O5. The SMILES string of the molecule is COc1ccc2c(c1)c(Nc1ccnc(Nc3ccc(OC)c(OC)c3)n1)nn2C.O=C(O)C(F)(F)F. The van der Waals surface area contributed by atoms with Gasteiger partial charge in [0.05, 0.1) is 26.8 Å². The number of aryl methyl sites for hydroxylation is 1. The number of alkyl halides is 3. The summed E-state index contributed by atoms with van der Waals surface area (Å²) in [5.74, 6) is 0.995. The molecule has 0 unspecified atom stereocenters. The Morgan fingerprint density at radius 1 is 0.973 bits per heavy atom. The molecule has 2 aromatic carbocycles. The predicted octanol–water partition coefficient (Wildman–Crippen LogP) is 4.51. The van der Waals surface area contributed by atoms with Crippen molar-refractivity contribution in [2.45, 2.75) is 6.18 Å². The van der Waals surface area contributed by atoms with Crippen LogP contribution in [0.5, 0.6) is 17.2 Å². The van der Waals surface area contributed by atoms with E-state index in [1.54, 1.807) is 38.3 Å². The molecule has 14 heteroatoms. The van der Waals surface area contributed by atoms with Gasteiger partial charge in [-0.2, -0.15) is 23.3 Å². The van der Waals surface area contributed by atoms with Gasteiger partial charge in [-0.25, -0.2) is 9.78 Å². The van der Waals surface area contributed by atoms with Gasteiger partial charge in [-0.3, -0.25) is 4.68 Å². The van der Waals surface area contributed by atoms with Crippen molar-refractivity contribution in [1.82, 2.24) is 19.7 Å². The first-order valence-corrected chi connectivity index (χ1v) is 10.5. The van der Waals surface area contributed by atoms with Crippen molar-refractivity contribution in [3.63, 3.8) is 0 Å². The maximum absolute atomic E-state index is 10.6. The van der Waals surface area contributed by atoms with Crippen LogP contribution in [-0.2, 0) is 11.8 Å². The van der Waals surface area contributed by atoms with E-state index in [-0.39, 0.29) is 0 Å².